The minimum absolute atomic E-state index is 0.0158. The molecule has 0 aliphatic carbocycles. The van der Waals surface area contributed by atoms with Crippen LogP contribution in [0.3, 0.4) is 0 Å². The van der Waals surface area contributed by atoms with Gasteiger partial charge in [-0.05, 0) is 36.4 Å². The second-order valence-corrected chi connectivity index (χ2v) is 9.98. The molecule has 1 heterocycles. The van der Waals surface area contributed by atoms with E-state index in [0.29, 0.717) is 16.4 Å². The number of amides is 1. The highest BCUT2D eigenvalue weighted by molar-refractivity contribution is 7.94. The van der Waals surface area contributed by atoms with Crippen molar-refractivity contribution >= 4 is 73.2 Å². The molecule has 0 bridgehead atoms. The van der Waals surface area contributed by atoms with Gasteiger partial charge in [0.25, 0.3) is 20.3 Å². The molecule has 0 saturated heterocycles. The van der Waals surface area contributed by atoms with Crippen molar-refractivity contribution in [3.8, 4) is 0 Å². The molecule has 3 rings (SSSR count). The summed E-state index contributed by atoms with van der Waals surface area (Å²) in [5, 5.41) is 9.91. The molecule has 34 heavy (non-hydrogen) atoms. The molecule has 1 aromatic heterocycles. The Morgan fingerprint density at radius 3 is 2.26 bits per heavy atom. The lowest BCUT2D eigenvalue weighted by Gasteiger charge is -2.11. The maximum absolute atomic E-state index is 12.9. The fraction of sp³-hybridized carbons (Fsp3) is 0.105. The first kappa shape index (κ1) is 25.4. The normalized spacial score (nSPS) is 10.9. The lowest BCUT2D eigenvalue weighted by molar-refractivity contribution is 0.0587. The van der Waals surface area contributed by atoms with Gasteiger partial charge >= 0.3 is 11.9 Å². The number of benzene rings is 2. The first-order chi connectivity index (χ1) is 16.1. The summed E-state index contributed by atoms with van der Waals surface area (Å²) in [7, 11) is -2.12. The summed E-state index contributed by atoms with van der Waals surface area (Å²) in [6, 6.07) is 7.82. The van der Waals surface area contributed by atoms with Gasteiger partial charge in [-0.3, -0.25) is 14.8 Å². The van der Waals surface area contributed by atoms with E-state index in [4.69, 9.17) is 23.2 Å². The number of halogens is 2. The molecule has 178 valence electrons. The summed E-state index contributed by atoms with van der Waals surface area (Å²) in [6.45, 7) is 0. The number of ether oxygens (including phenoxy) is 2. The summed E-state index contributed by atoms with van der Waals surface area (Å²) < 4.78 is 36.6. The van der Waals surface area contributed by atoms with Gasteiger partial charge in [0, 0.05) is 5.02 Å². The quantitative estimate of drug-likeness (QED) is 0.336. The number of hydrogen-bond donors (Lipinski definition) is 2. The third kappa shape index (κ3) is 5.62. The topological polar surface area (TPSA) is 154 Å². The van der Waals surface area contributed by atoms with Gasteiger partial charge in [0.1, 0.15) is 0 Å². The van der Waals surface area contributed by atoms with Crippen LogP contribution in [0.25, 0.3) is 0 Å². The van der Waals surface area contributed by atoms with Gasteiger partial charge in [-0.1, -0.05) is 34.5 Å². The smallest absolute Gasteiger partial charge is 0.339 e. The van der Waals surface area contributed by atoms with E-state index in [-0.39, 0.29) is 32.5 Å². The Morgan fingerprint density at radius 1 is 0.941 bits per heavy atom. The number of anilines is 2. The lowest BCUT2D eigenvalue weighted by Crippen LogP contribution is -2.17. The van der Waals surface area contributed by atoms with E-state index in [1.54, 1.807) is 0 Å². The van der Waals surface area contributed by atoms with Gasteiger partial charge < -0.3 is 9.47 Å². The molecule has 0 fully saturated rings. The molecular formula is C19H14Cl2N4O7S2. The average molecular weight is 545 g/mol. The molecule has 0 spiro atoms. The molecule has 11 nitrogen and oxygen atoms in total. The predicted octanol–water partition coefficient (Wildman–Crippen LogP) is 3.47. The van der Waals surface area contributed by atoms with Crippen LogP contribution in [0.4, 0.5) is 10.8 Å². The predicted molar refractivity (Wildman–Crippen MR) is 124 cm³/mol. The van der Waals surface area contributed by atoms with Gasteiger partial charge in [-0.15, -0.1) is 10.2 Å². The Kier molecular flexibility index (Phi) is 7.71. The molecule has 3 aromatic rings. The second-order valence-electron chi connectivity index (χ2n) is 6.30. The van der Waals surface area contributed by atoms with Crippen LogP contribution in [-0.2, 0) is 19.5 Å². The van der Waals surface area contributed by atoms with Crippen LogP contribution in [0.5, 0.6) is 0 Å². The van der Waals surface area contributed by atoms with Crippen LogP contribution in [0.2, 0.25) is 10.0 Å². The number of methoxy groups -OCH3 is 2. The van der Waals surface area contributed by atoms with Crippen molar-refractivity contribution < 1.29 is 32.3 Å². The van der Waals surface area contributed by atoms with Gasteiger partial charge in [0.05, 0.1) is 41.6 Å². The van der Waals surface area contributed by atoms with E-state index in [9.17, 15) is 22.8 Å². The van der Waals surface area contributed by atoms with Crippen molar-refractivity contribution in [2.45, 2.75) is 4.34 Å². The zero-order valence-electron chi connectivity index (χ0n) is 17.3. The highest BCUT2D eigenvalue weighted by Gasteiger charge is 2.25. The number of esters is 2. The van der Waals surface area contributed by atoms with E-state index in [2.05, 4.69) is 29.7 Å². The summed E-state index contributed by atoms with van der Waals surface area (Å²) >= 11 is 12.4. The van der Waals surface area contributed by atoms with E-state index < -0.39 is 32.2 Å². The molecule has 2 aromatic carbocycles. The van der Waals surface area contributed by atoms with Crippen LogP contribution < -0.4 is 10.0 Å². The molecule has 0 aliphatic rings. The number of sulfonamides is 1. The minimum Gasteiger partial charge on any atom is -0.465 e. The van der Waals surface area contributed by atoms with E-state index in [1.807, 2.05) is 0 Å². The Bertz CT molecular complexity index is 1390. The number of hydrogen-bond acceptors (Lipinski definition) is 10. The molecule has 0 atom stereocenters. The molecule has 2 N–H and O–H groups in total. The fourth-order valence-electron chi connectivity index (χ4n) is 2.56. The Morgan fingerprint density at radius 2 is 1.62 bits per heavy atom. The molecule has 1 amide bonds. The largest absolute Gasteiger partial charge is 0.465 e. The van der Waals surface area contributed by atoms with Gasteiger partial charge in [-0.2, -0.15) is 8.42 Å². The lowest BCUT2D eigenvalue weighted by atomic mass is 10.1. The van der Waals surface area contributed by atoms with Crippen molar-refractivity contribution in [3.05, 3.63) is 63.1 Å². The highest BCUT2D eigenvalue weighted by Crippen LogP contribution is 2.27. The van der Waals surface area contributed by atoms with Crippen LogP contribution in [0.15, 0.2) is 40.7 Å². The van der Waals surface area contributed by atoms with Crippen molar-refractivity contribution in [1.82, 2.24) is 10.2 Å². The van der Waals surface area contributed by atoms with Crippen LogP contribution >= 0.6 is 34.5 Å². The number of carbonyl (C=O) groups excluding carboxylic acids is 3. The standard InChI is InChI=1S/C19H14Cl2N4O7S2/c1-31-16(27)9-3-5-12(17(28)32-2)14(7-9)25-34(29,30)19-24-23-18(33-19)22-15(26)11-6-4-10(20)8-13(11)21/h3-8,25H,1-2H3,(H,22,23,26). The van der Waals surface area contributed by atoms with Crippen molar-refractivity contribution in [2.75, 3.05) is 24.3 Å². The van der Waals surface area contributed by atoms with Crippen LogP contribution in [-0.4, -0.2) is 50.7 Å². The minimum atomic E-state index is -4.38. The number of aromatic nitrogens is 2. The second kappa shape index (κ2) is 10.3. The molecule has 0 saturated carbocycles. The average Bonchev–Trinajstić information content (AvgIpc) is 3.27. The Balaban J connectivity index is 1.87. The molecular weight excluding hydrogens is 531 g/mol. The van der Waals surface area contributed by atoms with Crippen molar-refractivity contribution in [3.63, 3.8) is 0 Å². The summed E-state index contributed by atoms with van der Waals surface area (Å²) in [5.41, 5.74) is -0.332. The van der Waals surface area contributed by atoms with E-state index in [1.165, 1.54) is 30.3 Å². The Labute approximate surface area is 207 Å². The molecule has 0 aliphatic heterocycles. The summed E-state index contributed by atoms with van der Waals surface area (Å²) in [6.07, 6.45) is 0. The number of carbonyl (C=O) groups is 3. The van der Waals surface area contributed by atoms with Gasteiger partial charge in [0.15, 0.2) is 0 Å². The Hall–Kier alpha value is -3.26. The molecule has 0 unspecified atom stereocenters. The molecule has 15 heteroatoms. The number of nitrogens with zero attached hydrogens (tertiary/aromatic N) is 2. The molecule has 0 radical (unpaired) electrons. The van der Waals surface area contributed by atoms with E-state index >= 15 is 0 Å². The maximum Gasteiger partial charge on any atom is 0.339 e. The van der Waals surface area contributed by atoms with E-state index in [0.717, 1.165) is 20.3 Å². The van der Waals surface area contributed by atoms with Crippen LogP contribution in [0.1, 0.15) is 31.1 Å². The van der Waals surface area contributed by atoms with Gasteiger partial charge in [0.2, 0.25) is 5.13 Å². The zero-order valence-corrected chi connectivity index (χ0v) is 20.4. The maximum atomic E-state index is 12.9. The monoisotopic (exact) mass is 544 g/mol. The number of rotatable bonds is 7. The first-order valence-electron chi connectivity index (χ1n) is 8.99. The van der Waals surface area contributed by atoms with Gasteiger partial charge in [-0.25, -0.2) is 9.59 Å². The number of nitrogens with one attached hydrogen (secondary N) is 2. The third-order valence-electron chi connectivity index (χ3n) is 4.12. The van der Waals surface area contributed by atoms with Crippen LogP contribution in [0, 0.1) is 0 Å². The highest BCUT2D eigenvalue weighted by atomic mass is 35.5. The van der Waals surface area contributed by atoms with Crippen molar-refractivity contribution in [1.29, 1.82) is 0 Å². The fourth-order valence-corrected chi connectivity index (χ4v) is 5.02. The summed E-state index contributed by atoms with van der Waals surface area (Å²) in [5.74, 6) is -2.26. The SMILES string of the molecule is COC(=O)c1ccc(C(=O)OC)c(NS(=O)(=O)c2nnc(NC(=O)c3ccc(Cl)cc3Cl)s2)c1. The first-order valence-corrected chi connectivity index (χ1v) is 12.0. The van der Waals surface area contributed by atoms with Crippen molar-refractivity contribution in [2.24, 2.45) is 0 Å². The summed E-state index contributed by atoms with van der Waals surface area (Å²) in [4.78, 5) is 36.3. The zero-order chi connectivity index (χ0) is 25.0. The third-order valence-corrected chi connectivity index (χ3v) is 7.24.